The van der Waals surface area contributed by atoms with E-state index >= 15 is 0 Å². The fourth-order valence-electron chi connectivity index (χ4n) is 2.33. The first-order valence-corrected chi connectivity index (χ1v) is 8.62. The van der Waals surface area contributed by atoms with Gasteiger partial charge in [0.2, 0.25) is 0 Å². The van der Waals surface area contributed by atoms with Crippen molar-refractivity contribution in [1.82, 2.24) is 10.3 Å². The molecule has 1 atom stereocenters. The molecule has 0 aliphatic rings. The monoisotopic (exact) mass is 358 g/mol. The molecule has 3 N–H and O–H groups in total. The van der Waals surface area contributed by atoms with Crippen molar-refractivity contribution in [2.75, 3.05) is 32.1 Å². The molecule has 7 nitrogen and oxygen atoms in total. The first-order valence-electron chi connectivity index (χ1n) is 8.62. The SMILES string of the molecule is CCNC(=NCC(O)c1ccncc1)Nc1ccc(OCC)c(OC)c1. The van der Waals surface area contributed by atoms with Crippen LogP contribution in [0.2, 0.25) is 0 Å². The number of anilines is 1. The number of guanidine groups is 1. The van der Waals surface area contributed by atoms with Gasteiger partial charge in [-0.15, -0.1) is 0 Å². The third-order valence-electron chi connectivity index (χ3n) is 3.58. The van der Waals surface area contributed by atoms with Gasteiger partial charge in [0.25, 0.3) is 0 Å². The molecule has 0 bridgehead atoms. The average Bonchev–Trinajstić information content (AvgIpc) is 2.68. The summed E-state index contributed by atoms with van der Waals surface area (Å²) in [6.45, 7) is 5.41. The Balaban J connectivity index is 2.09. The van der Waals surface area contributed by atoms with Crippen LogP contribution in [-0.2, 0) is 0 Å². The van der Waals surface area contributed by atoms with Gasteiger partial charge in [0.1, 0.15) is 0 Å². The van der Waals surface area contributed by atoms with Gasteiger partial charge in [0, 0.05) is 30.7 Å². The zero-order valence-electron chi connectivity index (χ0n) is 15.4. The summed E-state index contributed by atoms with van der Waals surface area (Å²) < 4.78 is 10.9. The van der Waals surface area contributed by atoms with E-state index < -0.39 is 6.10 Å². The molecule has 0 fully saturated rings. The number of aliphatic hydroxyl groups is 1. The van der Waals surface area contributed by atoms with E-state index in [4.69, 9.17) is 9.47 Å². The van der Waals surface area contributed by atoms with Gasteiger partial charge < -0.3 is 25.2 Å². The third-order valence-corrected chi connectivity index (χ3v) is 3.58. The van der Waals surface area contributed by atoms with Crippen LogP contribution < -0.4 is 20.1 Å². The highest BCUT2D eigenvalue weighted by atomic mass is 16.5. The van der Waals surface area contributed by atoms with Crippen molar-refractivity contribution in [2.45, 2.75) is 20.0 Å². The van der Waals surface area contributed by atoms with Crippen molar-refractivity contribution in [3.05, 3.63) is 48.3 Å². The van der Waals surface area contributed by atoms with Crippen LogP contribution in [0.1, 0.15) is 25.5 Å². The minimum atomic E-state index is -0.691. The summed E-state index contributed by atoms with van der Waals surface area (Å²) in [5.74, 6) is 1.91. The second kappa shape index (κ2) is 10.2. The van der Waals surface area contributed by atoms with Gasteiger partial charge in [0.05, 0.1) is 26.4 Å². The molecule has 1 aromatic carbocycles. The first kappa shape index (κ1) is 19.5. The molecule has 1 unspecified atom stereocenters. The van der Waals surface area contributed by atoms with Crippen molar-refractivity contribution in [3.8, 4) is 11.5 Å². The van der Waals surface area contributed by atoms with Crippen LogP contribution in [0.4, 0.5) is 5.69 Å². The Morgan fingerprint density at radius 1 is 1.19 bits per heavy atom. The first-order chi connectivity index (χ1) is 12.7. The van der Waals surface area contributed by atoms with Gasteiger partial charge in [-0.1, -0.05) is 0 Å². The van der Waals surface area contributed by atoms with E-state index in [0.717, 1.165) is 11.3 Å². The van der Waals surface area contributed by atoms with Gasteiger partial charge in [0.15, 0.2) is 17.5 Å². The second-order valence-corrected chi connectivity index (χ2v) is 5.44. The second-order valence-electron chi connectivity index (χ2n) is 5.44. The fourth-order valence-corrected chi connectivity index (χ4v) is 2.33. The molecule has 0 radical (unpaired) electrons. The number of aliphatic hydroxyl groups excluding tert-OH is 1. The largest absolute Gasteiger partial charge is 0.493 e. The van der Waals surface area contributed by atoms with Crippen LogP contribution in [0.15, 0.2) is 47.7 Å². The molecule has 26 heavy (non-hydrogen) atoms. The predicted molar refractivity (Wildman–Crippen MR) is 103 cm³/mol. The molecule has 0 spiro atoms. The molecular weight excluding hydrogens is 332 g/mol. The molecule has 7 heteroatoms. The minimum Gasteiger partial charge on any atom is -0.493 e. The summed E-state index contributed by atoms with van der Waals surface area (Å²) in [5.41, 5.74) is 1.59. The molecule has 2 aromatic rings. The molecule has 1 heterocycles. The Morgan fingerprint density at radius 3 is 2.62 bits per heavy atom. The van der Waals surface area contributed by atoms with Gasteiger partial charge in [-0.3, -0.25) is 4.98 Å². The number of aromatic nitrogens is 1. The number of rotatable bonds is 8. The maximum atomic E-state index is 10.3. The molecular formula is C19H26N4O3. The van der Waals surface area contributed by atoms with Crippen LogP contribution in [0.3, 0.4) is 0 Å². The molecule has 0 saturated heterocycles. The van der Waals surface area contributed by atoms with Gasteiger partial charge in [-0.05, 0) is 43.7 Å². The number of benzene rings is 1. The number of nitrogens with zero attached hydrogens (tertiary/aromatic N) is 2. The molecule has 140 valence electrons. The normalized spacial score (nSPS) is 12.4. The van der Waals surface area contributed by atoms with Gasteiger partial charge in [-0.2, -0.15) is 0 Å². The molecule has 0 aliphatic carbocycles. The molecule has 2 rings (SSSR count). The number of nitrogens with one attached hydrogen (secondary N) is 2. The maximum Gasteiger partial charge on any atom is 0.195 e. The molecule has 0 saturated carbocycles. The highest BCUT2D eigenvalue weighted by Crippen LogP contribution is 2.30. The molecule has 0 aliphatic heterocycles. The van der Waals surface area contributed by atoms with E-state index in [1.54, 1.807) is 31.6 Å². The van der Waals surface area contributed by atoms with Crippen LogP contribution in [-0.4, -0.2) is 42.9 Å². The summed E-state index contributed by atoms with van der Waals surface area (Å²) in [7, 11) is 1.60. The van der Waals surface area contributed by atoms with Crippen LogP contribution >= 0.6 is 0 Å². The van der Waals surface area contributed by atoms with E-state index in [-0.39, 0.29) is 6.54 Å². The van der Waals surface area contributed by atoms with E-state index in [1.807, 2.05) is 32.0 Å². The Labute approximate surface area is 154 Å². The fraction of sp³-hybridized carbons (Fsp3) is 0.368. The zero-order chi connectivity index (χ0) is 18.8. The lowest BCUT2D eigenvalue weighted by Gasteiger charge is -2.15. The zero-order valence-corrected chi connectivity index (χ0v) is 15.4. The van der Waals surface area contributed by atoms with Gasteiger partial charge >= 0.3 is 0 Å². The standard InChI is InChI=1S/C19H26N4O3/c1-4-21-19(22-13-16(24)14-8-10-20-11-9-14)23-15-6-7-17(26-5-2)18(12-15)25-3/h6-12,16,24H,4-5,13H2,1-3H3,(H2,21,22,23). The number of aliphatic imine (C=N–C) groups is 1. The van der Waals surface area contributed by atoms with Crippen LogP contribution in [0.5, 0.6) is 11.5 Å². The van der Waals surface area contributed by atoms with Gasteiger partial charge in [-0.25, -0.2) is 4.99 Å². The lowest BCUT2D eigenvalue weighted by atomic mass is 10.1. The van der Waals surface area contributed by atoms with Crippen LogP contribution in [0.25, 0.3) is 0 Å². The van der Waals surface area contributed by atoms with Crippen molar-refractivity contribution >= 4 is 11.6 Å². The summed E-state index contributed by atoms with van der Waals surface area (Å²) in [5, 5.41) is 16.6. The lowest BCUT2D eigenvalue weighted by molar-refractivity contribution is 0.187. The van der Waals surface area contributed by atoms with E-state index in [9.17, 15) is 5.11 Å². The topological polar surface area (TPSA) is 88.0 Å². The van der Waals surface area contributed by atoms with Crippen molar-refractivity contribution in [1.29, 1.82) is 0 Å². The smallest absolute Gasteiger partial charge is 0.195 e. The summed E-state index contributed by atoms with van der Waals surface area (Å²) >= 11 is 0. The summed E-state index contributed by atoms with van der Waals surface area (Å²) in [6, 6.07) is 9.13. The highest BCUT2D eigenvalue weighted by molar-refractivity contribution is 5.93. The van der Waals surface area contributed by atoms with Crippen LogP contribution in [0, 0.1) is 0 Å². The number of hydrogen-bond donors (Lipinski definition) is 3. The number of hydrogen-bond acceptors (Lipinski definition) is 5. The van der Waals surface area contributed by atoms with Crippen molar-refractivity contribution < 1.29 is 14.6 Å². The minimum absolute atomic E-state index is 0.230. The predicted octanol–water partition coefficient (Wildman–Crippen LogP) is 2.60. The van der Waals surface area contributed by atoms with Crippen molar-refractivity contribution in [2.24, 2.45) is 4.99 Å². The highest BCUT2D eigenvalue weighted by Gasteiger charge is 2.09. The Hall–Kier alpha value is -2.80. The molecule has 0 amide bonds. The lowest BCUT2D eigenvalue weighted by Crippen LogP contribution is -2.31. The number of pyridine rings is 1. The van der Waals surface area contributed by atoms with E-state index in [0.29, 0.717) is 30.6 Å². The number of methoxy groups -OCH3 is 1. The maximum absolute atomic E-state index is 10.3. The Kier molecular flexibility index (Phi) is 7.70. The van der Waals surface area contributed by atoms with E-state index in [2.05, 4.69) is 20.6 Å². The average molecular weight is 358 g/mol. The summed E-state index contributed by atoms with van der Waals surface area (Å²) in [4.78, 5) is 8.40. The Bertz CT molecular complexity index is 707. The third kappa shape index (κ3) is 5.63. The summed E-state index contributed by atoms with van der Waals surface area (Å²) in [6.07, 6.45) is 2.61. The van der Waals surface area contributed by atoms with E-state index in [1.165, 1.54) is 0 Å². The molecule has 1 aromatic heterocycles. The Morgan fingerprint density at radius 2 is 1.96 bits per heavy atom. The number of ether oxygens (including phenoxy) is 2. The van der Waals surface area contributed by atoms with Crippen molar-refractivity contribution in [3.63, 3.8) is 0 Å². The quantitative estimate of drug-likeness (QED) is 0.497.